The van der Waals surface area contributed by atoms with Gasteiger partial charge in [-0.15, -0.1) is 11.3 Å². The van der Waals surface area contributed by atoms with Gasteiger partial charge in [0.25, 0.3) is 0 Å². The van der Waals surface area contributed by atoms with Gasteiger partial charge in [-0.3, -0.25) is 4.98 Å². The zero-order valence-corrected chi connectivity index (χ0v) is 18.5. The number of furan rings is 1. The van der Waals surface area contributed by atoms with Crippen LogP contribution in [0.1, 0.15) is 25.1 Å². The number of thiazole rings is 1. The second-order valence-corrected chi connectivity index (χ2v) is 7.64. The summed E-state index contributed by atoms with van der Waals surface area (Å²) in [5.74, 6) is 0. The molecule has 0 saturated heterocycles. The first kappa shape index (κ1) is 21.4. The summed E-state index contributed by atoms with van der Waals surface area (Å²) >= 11 is 2.94. The van der Waals surface area contributed by atoms with Crippen LogP contribution in [0.3, 0.4) is 0 Å². The number of hydrogen-bond donors (Lipinski definition) is 2. The standard InChI is InChI=1S/C20H15N5OS2.C2H6/c1-13-8-17(14-4-6-26-12-14)19(11-23-13)24-18-3-2-16(9-15(18)10-21)28-25-20-22-5-7-27-20;1-2/h2-9,11-12,24H,1H3,(H,22,25);1-2H3. The van der Waals surface area contributed by atoms with E-state index in [4.69, 9.17) is 4.42 Å². The van der Waals surface area contributed by atoms with Crippen molar-refractivity contribution in [2.75, 3.05) is 10.0 Å². The highest BCUT2D eigenvalue weighted by atomic mass is 32.2. The molecule has 0 atom stereocenters. The molecule has 0 aliphatic heterocycles. The minimum Gasteiger partial charge on any atom is -0.472 e. The van der Waals surface area contributed by atoms with Crippen LogP contribution in [-0.4, -0.2) is 9.97 Å². The largest absolute Gasteiger partial charge is 0.472 e. The molecular weight excluding hydrogens is 414 g/mol. The normalized spacial score (nSPS) is 9.93. The third-order valence-electron chi connectivity index (χ3n) is 3.94. The molecule has 8 heteroatoms. The van der Waals surface area contributed by atoms with Gasteiger partial charge in [-0.05, 0) is 49.2 Å². The van der Waals surface area contributed by atoms with Crippen LogP contribution in [0.2, 0.25) is 0 Å². The number of nitriles is 1. The summed E-state index contributed by atoms with van der Waals surface area (Å²) in [6.45, 7) is 5.94. The second-order valence-electron chi connectivity index (χ2n) is 5.87. The lowest BCUT2D eigenvalue weighted by molar-refractivity contribution is 0.568. The molecule has 3 aromatic heterocycles. The number of aryl methyl sites for hydroxylation is 1. The molecule has 0 amide bonds. The Balaban J connectivity index is 0.00000124. The maximum atomic E-state index is 9.61. The summed E-state index contributed by atoms with van der Waals surface area (Å²) in [4.78, 5) is 9.49. The lowest BCUT2D eigenvalue weighted by atomic mass is 10.1. The lowest BCUT2D eigenvalue weighted by Crippen LogP contribution is -1.98. The van der Waals surface area contributed by atoms with Gasteiger partial charge in [0.2, 0.25) is 0 Å². The van der Waals surface area contributed by atoms with E-state index in [1.165, 1.54) is 23.3 Å². The molecule has 0 aliphatic carbocycles. The van der Waals surface area contributed by atoms with Crippen LogP contribution in [0.15, 0.2) is 69.9 Å². The zero-order valence-electron chi connectivity index (χ0n) is 16.8. The van der Waals surface area contributed by atoms with Crippen molar-refractivity contribution in [2.45, 2.75) is 25.7 Å². The molecule has 0 bridgehead atoms. The zero-order chi connectivity index (χ0) is 21.3. The summed E-state index contributed by atoms with van der Waals surface area (Å²) in [5.41, 5.74) is 4.90. The second kappa shape index (κ2) is 10.5. The Morgan fingerprint density at radius 3 is 2.70 bits per heavy atom. The van der Waals surface area contributed by atoms with Gasteiger partial charge in [-0.25, -0.2) is 4.98 Å². The molecule has 152 valence electrons. The fourth-order valence-electron chi connectivity index (χ4n) is 2.63. The van der Waals surface area contributed by atoms with Crippen LogP contribution >= 0.6 is 23.3 Å². The van der Waals surface area contributed by atoms with E-state index in [1.807, 2.05) is 56.5 Å². The predicted octanol–water partition coefficient (Wildman–Crippen LogP) is 6.87. The first-order valence-electron chi connectivity index (χ1n) is 9.35. The van der Waals surface area contributed by atoms with Gasteiger partial charge < -0.3 is 14.5 Å². The first-order chi connectivity index (χ1) is 14.7. The first-order valence-corrected chi connectivity index (χ1v) is 11.1. The molecule has 0 radical (unpaired) electrons. The topological polar surface area (TPSA) is 86.8 Å². The molecule has 4 aromatic rings. The van der Waals surface area contributed by atoms with Gasteiger partial charge in [0.05, 0.1) is 35.7 Å². The average Bonchev–Trinajstić information content (AvgIpc) is 3.50. The molecule has 1 aromatic carbocycles. The number of aromatic nitrogens is 2. The fraction of sp³-hybridized carbons (Fsp3) is 0.136. The van der Waals surface area contributed by atoms with E-state index in [0.717, 1.165) is 38.2 Å². The number of rotatable bonds is 6. The van der Waals surface area contributed by atoms with E-state index in [-0.39, 0.29) is 0 Å². The number of nitrogens with one attached hydrogen (secondary N) is 2. The van der Waals surface area contributed by atoms with Gasteiger partial charge in [0.1, 0.15) is 6.07 Å². The number of benzene rings is 1. The van der Waals surface area contributed by atoms with E-state index >= 15 is 0 Å². The van der Waals surface area contributed by atoms with Gasteiger partial charge in [-0.1, -0.05) is 13.8 Å². The van der Waals surface area contributed by atoms with Crippen molar-refractivity contribution in [3.8, 4) is 17.2 Å². The van der Waals surface area contributed by atoms with Crippen LogP contribution in [0.4, 0.5) is 16.5 Å². The highest BCUT2D eigenvalue weighted by Gasteiger charge is 2.11. The SMILES string of the molecule is CC.Cc1cc(-c2ccoc2)c(Nc2ccc(SNc3nccs3)cc2C#N)cn1. The number of nitrogens with zero attached hydrogens (tertiary/aromatic N) is 3. The Kier molecular flexibility index (Phi) is 7.49. The molecule has 2 N–H and O–H groups in total. The lowest BCUT2D eigenvalue weighted by Gasteiger charge is -2.13. The van der Waals surface area contributed by atoms with Crippen molar-refractivity contribution < 1.29 is 4.42 Å². The number of anilines is 3. The van der Waals surface area contributed by atoms with Gasteiger partial charge in [0, 0.05) is 33.3 Å². The summed E-state index contributed by atoms with van der Waals surface area (Å²) in [6.07, 6.45) is 6.84. The summed E-state index contributed by atoms with van der Waals surface area (Å²) < 4.78 is 8.39. The molecule has 4 rings (SSSR count). The van der Waals surface area contributed by atoms with Crippen molar-refractivity contribution in [3.63, 3.8) is 0 Å². The average molecular weight is 436 g/mol. The monoisotopic (exact) mass is 435 g/mol. The van der Waals surface area contributed by atoms with Crippen molar-refractivity contribution in [1.82, 2.24) is 9.97 Å². The molecule has 6 nitrogen and oxygen atoms in total. The predicted molar refractivity (Wildman–Crippen MR) is 124 cm³/mol. The third-order valence-corrected chi connectivity index (χ3v) is 5.54. The van der Waals surface area contributed by atoms with Crippen molar-refractivity contribution in [3.05, 3.63) is 71.9 Å². The van der Waals surface area contributed by atoms with Crippen LogP contribution < -0.4 is 10.0 Å². The smallest absolute Gasteiger partial charge is 0.192 e. The maximum absolute atomic E-state index is 9.61. The van der Waals surface area contributed by atoms with Crippen molar-refractivity contribution in [2.24, 2.45) is 0 Å². The molecule has 0 aliphatic rings. The summed E-state index contributed by atoms with van der Waals surface area (Å²) in [7, 11) is 0. The minimum atomic E-state index is 0.546. The third kappa shape index (κ3) is 5.20. The Morgan fingerprint density at radius 1 is 1.13 bits per heavy atom. The van der Waals surface area contributed by atoms with E-state index in [2.05, 4.69) is 26.1 Å². The Morgan fingerprint density at radius 2 is 2.00 bits per heavy atom. The summed E-state index contributed by atoms with van der Waals surface area (Å²) in [5, 5.41) is 15.7. The van der Waals surface area contributed by atoms with Crippen molar-refractivity contribution >= 4 is 39.8 Å². The van der Waals surface area contributed by atoms with E-state index in [0.29, 0.717) is 5.56 Å². The quantitative estimate of drug-likeness (QED) is 0.320. The van der Waals surface area contributed by atoms with Crippen molar-refractivity contribution in [1.29, 1.82) is 5.26 Å². The van der Waals surface area contributed by atoms with Crippen LogP contribution in [-0.2, 0) is 0 Å². The fourth-order valence-corrected chi connectivity index (χ4v) is 3.89. The molecule has 30 heavy (non-hydrogen) atoms. The summed E-state index contributed by atoms with van der Waals surface area (Å²) in [6, 6.07) is 11.8. The molecule has 0 unspecified atom stereocenters. The molecule has 3 heterocycles. The van der Waals surface area contributed by atoms with Crippen LogP contribution in [0.5, 0.6) is 0 Å². The van der Waals surface area contributed by atoms with Crippen LogP contribution in [0.25, 0.3) is 11.1 Å². The van der Waals surface area contributed by atoms with E-state index in [9.17, 15) is 5.26 Å². The Bertz CT molecular complexity index is 1120. The van der Waals surface area contributed by atoms with Crippen LogP contribution in [0, 0.1) is 18.3 Å². The highest BCUT2D eigenvalue weighted by Crippen LogP contribution is 2.33. The van der Waals surface area contributed by atoms with E-state index in [1.54, 1.807) is 24.9 Å². The van der Waals surface area contributed by atoms with Gasteiger partial charge in [0.15, 0.2) is 5.13 Å². The Hall–Kier alpha value is -3.28. The number of pyridine rings is 1. The molecule has 0 fully saturated rings. The number of hydrogen-bond acceptors (Lipinski definition) is 8. The molecule has 0 saturated carbocycles. The highest BCUT2D eigenvalue weighted by molar-refractivity contribution is 8.00. The van der Waals surface area contributed by atoms with Gasteiger partial charge >= 0.3 is 0 Å². The van der Waals surface area contributed by atoms with Gasteiger partial charge in [-0.2, -0.15) is 5.26 Å². The maximum Gasteiger partial charge on any atom is 0.192 e. The minimum absolute atomic E-state index is 0.546. The molecule has 0 spiro atoms. The molecular formula is C22H21N5OS2. The Labute approximate surface area is 184 Å². The van der Waals surface area contributed by atoms with E-state index < -0.39 is 0 Å².